The number of primary amides is 1. The summed E-state index contributed by atoms with van der Waals surface area (Å²) in [7, 11) is 0. The quantitative estimate of drug-likeness (QED) is 0.805. The third-order valence-electron chi connectivity index (χ3n) is 2.46. The number of nitrogen functional groups attached to an aromatic ring is 1. The minimum atomic E-state index is -0.639. The van der Waals surface area contributed by atoms with Crippen molar-refractivity contribution in [3.63, 3.8) is 0 Å². The predicted octanol–water partition coefficient (Wildman–Crippen LogP) is 1.13. The fraction of sp³-hybridized carbons (Fsp3) is 0.0833. The van der Waals surface area contributed by atoms with Gasteiger partial charge in [0.15, 0.2) is 5.69 Å². The summed E-state index contributed by atoms with van der Waals surface area (Å²) in [6.45, 7) is 1.86. The summed E-state index contributed by atoms with van der Waals surface area (Å²) in [6.07, 6.45) is 3.24. The lowest BCUT2D eigenvalue weighted by Crippen LogP contribution is -2.16. The number of amides is 1. The minimum absolute atomic E-state index is 0.0799. The largest absolute Gasteiger partial charge is 0.396 e. The van der Waals surface area contributed by atoms with E-state index in [9.17, 15) is 4.79 Å². The van der Waals surface area contributed by atoms with Crippen LogP contribution in [0.5, 0.6) is 0 Å². The SMILES string of the molecule is Cc1cnc(C(N)=O)c(N)c1-c1ccccn1. The average Bonchev–Trinajstić information content (AvgIpc) is 2.30. The number of hydrogen-bond acceptors (Lipinski definition) is 4. The van der Waals surface area contributed by atoms with Gasteiger partial charge in [0, 0.05) is 18.0 Å². The van der Waals surface area contributed by atoms with Crippen molar-refractivity contribution in [1.29, 1.82) is 0 Å². The Hall–Kier alpha value is -2.43. The van der Waals surface area contributed by atoms with Gasteiger partial charge in [-0.15, -0.1) is 0 Å². The van der Waals surface area contributed by atoms with Crippen LogP contribution in [0.3, 0.4) is 0 Å². The Morgan fingerprint density at radius 3 is 2.65 bits per heavy atom. The van der Waals surface area contributed by atoms with E-state index >= 15 is 0 Å². The molecule has 5 nitrogen and oxygen atoms in total. The van der Waals surface area contributed by atoms with E-state index in [0.29, 0.717) is 11.3 Å². The van der Waals surface area contributed by atoms with Gasteiger partial charge in [0.25, 0.3) is 5.91 Å². The number of nitrogens with two attached hydrogens (primary N) is 2. The third kappa shape index (κ3) is 1.94. The van der Waals surface area contributed by atoms with Gasteiger partial charge in [-0.3, -0.25) is 9.78 Å². The Labute approximate surface area is 98.5 Å². The summed E-state index contributed by atoms with van der Waals surface area (Å²) in [6, 6.07) is 5.49. The van der Waals surface area contributed by atoms with Crippen LogP contribution in [0.1, 0.15) is 16.1 Å². The van der Waals surface area contributed by atoms with Crippen molar-refractivity contribution in [2.24, 2.45) is 5.73 Å². The van der Waals surface area contributed by atoms with Gasteiger partial charge in [0.05, 0.1) is 11.4 Å². The van der Waals surface area contributed by atoms with E-state index in [1.807, 2.05) is 25.1 Å². The molecule has 0 saturated heterocycles. The number of anilines is 1. The Kier molecular flexibility index (Phi) is 2.74. The lowest BCUT2D eigenvalue weighted by Gasteiger charge is -2.10. The smallest absolute Gasteiger partial charge is 0.269 e. The molecule has 2 aromatic rings. The van der Waals surface area contributed by atoms with Crippen LogP contribution < -0.4 is 11.5 Å². The number of nitrogens with zero attached hydrogens (tertiary/aromatic N) is 2. The van der Waals surface area contributed by atoms with Crippen LogP contribution in [0, 0.1) is 6.92 Å². The van der Waals surface area contributed by atoms with E-state index in [4.69, 9.17) is 11.5 Å². The zero-order valence-corrected chi connectivity index (χ0v) is 9.34. The van der Waals surface area contributed by atoms with Gasteiger partial charge >= 0.3 is 0 Å². The molecule has 2 heterocycles. The highest BCUT2D eigenvalue weighted by molar-refractivity contribution is 5.99. The van der Waals surface area contributed by atoms with Gasteiger partial charge in [-0.25, -0.2) is 4.98 Å². The molecule has 0 bridgehead atoms. The molecule has 4 N–H and O–H groups in total. The fourth-order valence-corrected chi connectivity index (χ4v) is 1.67. The second-order valence-electron chi connectivity index (χ2n) is 3.66. The summed E-state index contributed by atoms with van der Waals surface area (Å²) >= 11 is 0. The molecule has 0 aromatic carbocycles. The van der Waals surface area contributed by atoms with Crippen molar-refractivity contribution in [2.45, 2.75) is 6.92 Å². The van der Waals surface area contributed by atoms with E-state index in [1.54, 1.807) is 12.4 Å². The molecule has 86 valence electrons. The second kappa shape index (κ2) is 4.21. The van der Waals surface area contributed by atoms with E-state index in [2.05, 4.69) is 9.97 Å². The normalized spacial score (nSPS) is 10.2. The number of aromatic nitrogens is 2. The molecule has 0 aliphatic carbocycles. The van der Waals surface area contributed by atoms with Crippen LogP contribution in [-0.4, -0.2) is 15.9 Å². The van der Waals surface area contributed by atoms with Gasteiger partial charge < -0.3 is 11.5 Å². The summed E-state index contributed by atoms with van der Waals surface area (Å²) < 4.78 is 0. The summed E-state index contributed by atoms with van der Waals surface area (Å²) in [5, 5.41) is 0. The molecular formula is C12H12N4O. The number of carbonyl (C=O) groups excluding carboxylic acids is 1. The van der Waals surface area contributed by atoms with Crippen LogP contribution >= 0.6 is 0 Å². The first-order chi connectivity index (χ1) is 8.11. The maximum Gasteiger partial charge on any atom is 0.269 e. The summed E-state index contributed by atoms with van der Waals surface area (Å²) in [5.41, 5.74) is 13.7. The zero-order valence-electron chi connectivity index (χ0n) is 9.34. The molecule has 1 amide bonds. The molecule has 2 aromatic heterocycles. The van der Waals surface area contributed by atoms with Crippen molar-refractivity contribution in [1.82, 2.24) is 9.97 Å². The molecule has 0 aliphatic rings. The van der Waals surface area contributed by atoms with Gasteiger partial charge in [-0.2, -0.15) is 0 Å². The standard InChI is InChI=1S/C12H12N4O/c1-7-6-16-11(12(14)17)10(13)9(7)8-4-2-3-5-15-8/h2-6H,13H2,1H3,(H2,14,17). The molecule has 17 heavy (non-hydrogen) atoms. The monoisotopic (exact) mass is 228 g/mol. The predicted molar refractivity (Wildman–Crippen MR) is 65.1 cm³/mol. The molecule has 5 heteroatoms. The van der Waals surface area contributed by atoms with E-state index in [0.717, 1.165) is 5.56 Å². The number of aryl methyl sites for hydroxylation is 1. The van der Waals surface area contributed by atoms with Gasteiger partial charge in [-0.1, -0.05) is 6.07 Å². The highest BCUT2D eigenvalue weighted by Gasteiger charge is 2.15. The molecule has 0 aliphatic heterocycles. The van der Waals surface area contributed by atoms with Crippen molar-refractivity contribution < 1.29 is 4.79 Å². The molecule has 0 atom stereocenters. The molecule has 0 saturated carbocycles. The van der Waals surface area contributed by atoms with Crippen LogP contribution in [0.25, 0.3) is 11.3 Å². The van der Waals surface area contributed by atoms with E-state index in [1.165, 1.54) is 0 Å². The molecule has 0 unspecified atom stereocenters. The highest BCUT2D eigenvalue weighted by atomic mass is 16.1. The first kappa shape index (κ1) is 11.1. The lowest BCUT2D eigenvalue weighted by atomic mass is 10.0. The van der Waals surface area contributed by atoms with Gasteiger partial charge in [0.1, 0.15) is 0 Å². The second-order valence-corrected chi connectivity index (χ2v) is 3.66. The van der Waals surface area contributed by atoms with Gasteiger partial charge in [-0.05, 0) is 24.6 Å². The maximum atomic E-state index is 11.2. The molecule has 0 spiro atoms. The van der Waals surface area contributed by atoms with Crippen LogP contribution in [0.15, 0.2) is 30.6 Å². The lowest BCUT2D eigenvalue weighted by molar-refractivity contribution is 0.0996. The number of carbonyl (C=O) groups is 1. The number of hydrogen-bond donors (Lipinski definition) is 2. The van der Waals surface area contributed by atoms with Crippen LogP contribution in [0.2, 0.25) is 0 Å². The first-order valence-corrected chi connectivity index (χ1v) is 5.07. The molecule has 0 radical (unpaired) electrons. The van der Waals surface area contributed by atoms with Crippen molar-refractivity contribution in [3.8, 4) is 11.3 Å². The van der Waals surface area contributed by atoms with E-state index in [-0.39, 0.29) is 11.4 Å². The Morgan fingerprint density at radius 1 is 1.29 bits per heavy atom. The highest BCUT2D eigenvalue weighted by Crippen LogP contribution is 2.28. The summed E-state index contributed by atoms with van der Waals surface area (Å²) in [5.74, 6) is -0.639. The average molecular weight is 228 g/mol. The van der Waals surface area contributed by atoms with Crippen molar-refractivity contribution in [2.75, 3.05) is 5.73 Å². The Balaban J connectivity index is 2.69. The van der Waals surface area contributed by atoms with Crippen molar-refractivity contribution >= 4 is 11.6 Å². The molecular weight excluding hydrogens is 216 g/mol. The zero-order chi connectivity index (χ0) is 12.4. The van der Waals surface area contributed by atoms with Crippen LogP contribution in [-0.2, 0) is 0 Å². The third-order valence-corrected chi connectivity index (χ3v) is 2.46. The molecule has 2 rings (SSSR count). The van der Waals surface area contributed by atoms with Gasteiger partial charge in [0.2, 0.25) is 0 Å². The topological polar surface area (TPSA) is 94.9 Å². The first-order valence-electron chi connectivity index (χ1n) is 5.07. The Morgan fingerprint density at radius 2 is 2.06 bits per heavy atom. The van der Waals surface area contributed by atoms with Crippen LogP contribution in [0.4, 0.5) is 5.69 Å². The maximum absolute atomic E-state index is 11.2. The summed E-state index contributed by atoms with van der Waals surface area (Å²) in [4.78, 5) is 19.3. The number of rotatable bonds is 2. The fourth-order valence-electron chi connectivity index (χ4n) is 1.67. The Bertz CT molecular complexity index is 566. The van der Waals surface area contributed by atoms with Crippen molar-refractivity contribution in [3.05, 3.63) is 41.9 Å². The molecule has 0 fully saturated rings. The van der Waals surface area contributed by atoms with E-state index < -0.39 is 5.91 Å². The number of pyridine rings is 2. The minimum Gasteiger partial charge on any atom is -0.396 e.